The van der Waals surface area contributed by atoms with Crippen LogP contribution in [0.3, 0.4) is 0 Å². The molecule has 0 radical (unpaired) electrons. The Hall–Kier alpha value is -4.75. The summed E-state index contributed by atoms with van der Waals surface area (Å²) in [6, 6.07) is 33.0. The number of hydrogen-bond acceptors (Lipinski definition) is 4. The van der Waals surface area contributed by atoms with Gasteiger partial charge in [-0.15, -0.1) is 0 Å². The first kappa shape index (κ1) is 31.2. The number of likely N-dealkylation sites (N-methyl/N-ethyl adjacent to an activating group) is 3. The first-order valence-electron chi connectivity index (χ1n) is 14.5. The Kier molecular flexibility index (Phi) is 10.5. The van der Waals surface area contributed by atoms with Crippen molar-refractivity contribution in [2.24, 2.45) is 5.73 Å². The van der Waals surface area contributed by atoms with Crippen LogP contribution in [-0.4, -0.2) is 60.7 Å². The number of nitrogens with one attached hydrogen (secondary N) is 1. The predicted molar refractivity (Wildman–Crippen MR) is 171 cm³/mol. The Labute approximate surface area is 254 Å². The van der Waals surface area contributed by atoms with E-state index in [0.717, 1.165) is 27.8 Å². The SMILES string of the molecule is CNC(=O)C(Cc1ccccc1)N(C)C(=O)C(Cc1ccc(-c2ccccc2)cc1)N(C)C(=O)c1cccc(C(C)N)c1. The average Bonchev–Trinajstić information content (AvgIpc) is 3.05. The number of nitrogens with zero attached hydrogens (tertiary/aromatic N) is 2. The Morgan fingerprint density at radius 3 is 1.86 bits per heavy atom. The molecule has 0 aliphatic rings. The summed E-state index contributed by atoms with van der Waals surface area (Å²) in [5.41, 5.74) is 11.3. The van der Waals surface area contributed by atoms with Crippen LogP contribution in [0.4, 0.5) is 0 Å². The molecule has 0 aromatic heterocycles. The van der Waals surface area contributed by atoms with Crippen LogP contribution in [0.1, 0.15) is 40.0 Å². The van der Waals surface area contributed by atoms with Gasteiger partial charge in [-0.05, 0) is 46.9 Å². The van der Waals surface area contributed by atoms with Crippen LogP contribution in [0.2, 0.25) is 0 Å². The van der Waals surface area contributed by atoms with E-state index in [9.17, 15) is 14.4 Å². The molecule has 7 heteroatoms. The molecule has 0 aliphatic heterocycles. The number of nitrogens with two attached hydrogens (primary N) is 1. The second-order valence-electron chi connectivity index (χ2n) is 10.9. The van der Waals surface area contributed by atoms with Gasteiger partial charge in [0.2, 0.25) is 11.8 Å². The molecule has 0 saturated carbocycles. The van der Waals surface area contributed by atoms with Gasteiger partial charge in [0.25, 0.3) is 5.91 Å². The zero-order chi connectivity index (χ0) is 30.9. The molecule has 3 atom stereocenters. The molecule has 4 aromatic carbocycles. The fourth-order valence-corrected chi connectivity index (χ4v) is 5.18. The van der Waals surface area contributed by atoms with Gasteiger partial charge in [0.05, 0.1) is 0 Å². The minimum Gasteiger partial charge on any atom is -0.357 e. The van der Waals surface area contributed by atoms with Crippen LogP contribution in [0.25, 0.3) is 11.1 Å². The lowest BCUT2D eigenvalue weighted by atomic mass is 9.97. The normalized spacial score (nSPS) is 13.0. The van der Waals surface area contributed by atoms with Crippen molar-refractivity contribution in [1.82, 2.24) is 15.1 Å². The molecular formula is C36H40N4O3. The third-order valence-electron chi connectivity index (χ3n) is 7.86. The average molecular weight is 577 g/mol. The number of carbonyl (C=O) groups is 3. The van der Waals surface area contributed by atoms with Crippen LogP contribution in [0.15, 0.2) is 109 Å². The fourth-order valence-electron chi connectivity index (χ4n) is 5.18. The van der Waals surface area contributed by atoms with E-state index < -0.39 is 12.1 Å². The maximum atomic E-state index is 14.3. The van der Waals surface area contributed by atoms with E-state index in [-0.39, 0.29) is 30.2 Å². The van der Waals surface area contributed by atoms with Gasteiger partial charge in [-0.1, -0.05) is 97.1 Å². The van der Waals surface area contributed by atoms with Crippen molar-refractivity contribution in [3.05, 3.63) is 131 Å². The molecule has 3 unspecified atom stereocenters. The number of benzene rings is 4. The quantitative estimate of drug-likeness (QED) is 0.266. The monoisotopic (exact) mass is 576 g/mol. The maximum absolute atomic E-state index is 14.3. The summed E-state index contributed by atoms with van der Waals surface area (Å²) in [4.78, 5) is 44.1. The second kappa shape index (κ2) is 14.4. The summed E-state index contributed by atoms with van der Waals surface area (Å²) in [6.45, 7) is 1.86. The van der Waals surface area contributed by atoms with E-state index in [1.54, 1.807) is 39.3 Å². The largest absolute Gasteiger partial charge is 0.357 e. The van der Waals surface area contributed by atoms with Crippen molar-refractivity contribution < 1.29 is 14.4 Å². The van der Waals surface area contributed by atoms with Gasteiger partial charge in [0.15, 0.2) is 0 Å². The smallest absolute Gasteiger partial charge is 0.254 e. The summed E-state index contributed by atoms with van der Waals surface area (Å²) in [7, 11) is 4.83. The number of hydrogen-bond donors (Lipinski definition) is 2. The first-order valence-corrected chi connectivity index (χ1v) is 14.5. The van der Waals surface area contributed by atoms with Crippen LogP contribution < -0.4 is 11.1 Å². The lowest BCUT2D eigenvalue weighted by Gasteiger charge is -2.34. The number of carbonyl (C=O) groups excluding carboxylic acids is 3. The third kappa shape index (κ3) is 7.76. The van der Waals surface area contributed by atoms with E-state index in [0.29, 0.717) is 12.0 Å². The van der Waals surface area contributed by atoms with Gasteiger partial charge in [0, 0.05) is 45.6 Å². The van der Waals surface area contributed by atoms with Crippen molar-refractivity contribution in [2.45, 2.75) is 37.9 Å². The molecular weight excluding hydrogens is 536 g/mol. The summed E-state index contributed by atoms with van der Waals surface area (Å²) in [6.07, 6.45) is 0.620. The summed E-state index contributed by atoms with van der Waals surface area (Å²) < 4.78 is 0. The molecule has 222 valence electrons. The summed E-state index contributed by atoms with van der Waals surface area (Å²) in [5.74, 6) is -0.894. The Morgan fingerprint density at radius 2 is 1.26 bits per heavy atom. The molecule has 43 heavy (non-hydrogen) atoms. The highest BCUT2D eigenvalue weighted by molar-refractivity contribution is 5.98. The molecule has 0 heterocycles. The molecule has 4 aromatic rings. The zero-order valence-corrected chi connectivity index (χ0v) is 25.2. The maximum Gasteiger partial charge on any atom is 0.254 e. The summed E-state index contributed by atoms with van der Waals surface area (Å²) in [5, 5.41) is 2.70. The molecule has 0 fully saturated rings. The Morgan fingerprint density at radius 1 is 0.698 bits per heavy atom. The minimum absolute atomic E-state index is 0.240. The van der Waals surface area contributed by atoms with E-state index in [1.807, 2.05) is 97.9 Å². The van der Waals surface area contributed by atoms with Gasteiger partial charge in [-0.25, -0.2) is 0 Å². The highest BCUT2D eigenvalue weighted by Crippen LogP contribution is 2.22. The van der Waals surface area contributed by atoms with E-state index in [4.69, 9.17) is 5.73 Å². The highest BCUT2D eigenvalue weighted by Gasteiger charge is 2.35. The van der Waals surface area contributed by atoms with Crippen molar-refractivity contribution >= 4 is 17.7 Å². The first-order chi connectivity index (χ1) is 20.7. The lowest BCUT2D eigenvalue weighted by molar-refractivity contribution is -0.142. The van der Waals surface area contributed by atoms with Gasteiger partial charge < -0.3 is 20.9 Å². The van der Waals surface area contributed by atoms with Crippen molar-refractivity contribution in [3.63, 3.8) is 0 Å². The van der Waals surface area contributed by atoms with Crippen LogP contribution in [0.5, 0.6) is 0 Å². The predicted octanol–water partition coefficient (Wildman–Crippen LogP) is 4.87. The molecule has 4 rings (SSSR count). The van der Waals surface area contributed by atoms with Crippen LogP contribution >= 0.6 is 0 Å². The Balaban J connectivity index is 1.66. The molecule has 0 spiro atoms. The molecule has 0 aliphatic carbocycles. The number of rotatable bonds is 11. The number of amides is 3. The van der Waals surface area contributed by atoms with Crippen molar-refractivity contribution in [3.8, 4) is 11.1 Å². The second-order valence-corrected chi connectivity index (χ2v) is 10.9. The molecule has 0 saturated heterocycles. The van der Waals surface area contributed by atoms with E-state index >= 15 is 0 Å². The topological polar surface area (TPSA) is 95.7 Å². The Bertz CT molecular complexity index is 1520. The third-order valence-corrected chi connectivity index (χ3v) is 7.86. The molecule has 3 amide bonds. The van der Waals surface area contributed by atoms with Crippen LogP contribution in [-0.2, 0) is 22.4 Å². The lowest BCUT2D eigenvalue weighted by Crippen LogP contribution is -2.55. The zero-order valence-electron chi connectivity index (χ0n) is 25.2. The molecule has 7 nitrogen and oxygen atoms in total. The molecule has 0 bridgehead atoms. The van der Waals surface area contributed by atoms with E-state index in [1.165, 1.54) is 9.80 Å². The van der Waals surface area contributed by atoms with Gasteiger partial charge in [0.1, 0.15) is 12.1 Å². The van der Waals surface area contributed by atoms with Crippen molar-refractivity contribution in [2.75, 3.05) is 21.1 Å². The van der Waals surface area contributed by atoms with Crippen molar-refractivity contribution in [1.29, 1.82) is 0 Å². The van der Waals surface area contributed by atoms with Gasteiger partial charge in [-0.3, -0.25) is 14.4 Å². The summed E-state index contributed by atoms with van der Waals surface area (Å²) >= 11 is 0. The van der Waals surface area contributed by atoms with Gasteiger partial charge >= 0.3 is 0 Å². The van der Waals surface area contributed by atoms with Gasteiger partial charge in [-0.2, -0.15) is 0 Å². The molecule has 3 N–H and O–H groups in total. The van der Waals surface area contributed by atoms with Crippen LogP contribution in [0, 0.1) is 0 Å². The standard InChI is InChI=1S/C36H40N4O3/c1-25(37)30-16-11-17-31(24-30)35(42)40(4)33(23-27-18-20-29(21-19-27)28-14-9-6-10-15-28)36(43)39(3)32(34(41)38-2)22-26-12-7-5-8-13-26/h5-21,24-25,32-33H,22-23,37H2,1-4H3,(H,38,41). The minimum atomic E-state index is -0.859. The highest BCUT2D eigenvalue weighted by atomic mass is 16.2. The van der Waals surface area contributed by atoms with E-state index in [2.05, 4.69) is 5.32 Å². The fraction of sp³-hybridized carbons (Fsp3) is 0.250.